The van der Waals surface area contributed by atoms with Gasteiger partial charge in [0.1, 0.15) is 15.8 Å². The van der Waals surface area contributed by atoms with Gasteiger partial charge in [-0.25, -0.2) is 13.4 Å². The predicted octanol–water partition coefficient (Wildman–Crippen LogP) is 4.20. The van der Waals surface area contributed by atoms with Gasteiger partial charge in [0.05, 0.1) is 10.3 Å². The SMILES string of the molecule is CC1(C)c2cccnc2C(O)=C(c2cnc(Cl)cc2C(F)(F)F)S1(=O)=O. The summed E-state index contributed by atoms with van der Waals surface area (Å²) in [4.78, 5) is 6.64. The lowest BCUT2D eigenvalue weighted by molar-refractivity contribution is -0.137. The van der Waals surface area contributed by atoms with E-state index in [1.54, 1.807) is 0 Å². The van der Waals surface area contributed by atoms with E-state index in [-0.39, 0.29) is 11.3 Å². The Hall–Kier alpha value is -2.13. The minimum atomic E-state index is -4.90. The van der Waals surface area contributed by atoms with E-state index in [0.717, 1.165) is 0 Å². The third kappa shape index (κ3) is 2.57. The number of hydrogen-bond acceptors (Lipinski definition) is 5. The quantitative estimate of drug-likeness (QED) is 0.720. The molecule has 2 aromatic rings. The van der Waals surface area contributed by atoms with Crippen LogP contribution in [-0.4, -0.2) is 23.5 Å². The smallest absolute Gasteiger partial charge is 0.417 e. The number of aliphatic hydroxyl groups is 1. The van der Waals surface area contributed by atoms with Gasteiger partial charge in [0.25, 0.3) is 0 Å². The summed E-state index contributed by atoms with van der Waals surface area (Å²) in [5.74, 6) is -0.852. The maximum absolute atomic E-state index is 13.4. The first-order chi connectivity index (χ1) is 11.9. The Bertz CT molecular complexity index is 1050. The maximum atomic E-state index is 13.4. The number of fused-ring (bicyclic) bond motifs is 1. The molecule has 0 bridgehead atoms. The zero-order valence-electron chi connectivity index (χ0n) is 13.5. The lowest BCUT2D eigenvalue weighted by Gasteiger charge is -2.33. The first kappa shape index (κ1) is 18.7. The number of sulfone groups is 1. The zero-order valence-corrected chi connectivity index (χ0v) is 15.0. The van der Waals surface area contributed by atoms with Crippen LogP contribution in [0.4, 0.5) is 13.2 Å². The van der Waals surface area contributed by atoms with Crippen molar-refractivity contribution in [1.82, 2.24) is 9.97 Å². The molecule has 0 amide bonds. The molecule has 1 N–H and O–H groups in total. The van der Waals surface area contributed by atoms with Crippen LogP contribution in [0, 0.1) is 0 Å². The standard InChI is InChI=1S/C16H12ClF3N2O3S/c1-15(2)9-4-3-5-21-12(9)13(23)14(26(15,24)25)8-7-22-11(17)6-10(8)16(18,19)20/h3-7,23H,1-2H3. The minimum absolute atomic E-state index is 0.0922. The second-order valence-corrected chi connectivity index (χ2v) is 8.96. The van der Waals surface area contributed by atoms with Crippen molar-refractivity contribution in [2.45, 2.75) is 24.8 Å². The van der Waals surface area contributed by atoms with Gasteiger partial charge in [-0.15, -0.1) is 0 Å². The van der Waals surface area contributed by atoms with E-state index in [2.05, 4.69) is 9.97 Å². The van der Waals surface area contributed by atoms with Crippen molar-refractivity contribution in [1.29, 1.82) is 0 Å². The minimum Gasteiger partial charge on any atom is -0.504 e. The van der Waals surface area contributed by atoms with Crippen molar-refractivity contribution in [3.8, 4) is 0 Å². The van der Waals surface area contributed by atoms with Gasteiger partial charge in [0.15, 0.2) is 15.6 Å². The molecule has 26 heavy (non-hydrogen) atoms. The Morgan fingerprint density at radius 3 is 2.50 bits per heavy atom. The molecule has 0 spiro atoms. The first-order valence-electron chi connectivity index (χ1n) is 7.26. The lowest BCUT2D eigenvalue weighted by Crippen LogP contribution is -2.35. The molecule has 0 aromatic carbocycles. The topological polar surface area (TPSA) is 80.2 Å². The fraction of sp³-hybridized carbons (Fsp3) is 0.250. The molecule has 10 heteroatoms. The molecule has 138 valence electrons. The van der Waals surface area contributed by atoms with Crippen LogP contribution in [0.5, 0.6) is 0 Å². The Morgan fingerprint density at radius 2 is 1.88 bits per heavy atom. The molecule has 0 aliphatic carbocycles. The number of alkyl halides is 3. The van der Waals surface area contributed by atoms with Crippen LogP contribution in [0.1, 0.15) is 36.2 Å². The molecule has 5 nitrogen and oxygen atoms in total. The van der Waals surface area contributed by atoms with Crippen molar-refractivity contribution in [2.75, 3.05) is 0 Å². The van der Waals surface area contributed by atoms with Gasteiger partial charge >= 0.3 is 6.18 Å². The van der Waals surface area contributed by atoms with Gasteiger partial charge in [0, 0.05) is 23.5 Å². The van der Waals surface area contributed by atoms with E-state index in [4.69, 9.17) is 11.6 Å². The molecule has 3 heterocycles. The number of halogens is 4. The molecule has 0 fully saturated rings. The average molecular weight is 405 g/mol. The van der Waals surface area contributed by atoms with Crippen LogP contribution in [0.15, 0.2) is 30.6 Å². The van der Waals surface area contributed by atoms with E-state index in [0.29, 0.717) is 12.3 Å². The second-order valence-electron chi connectivity index (χ2n) is 6.14. The number of nitrogens with zero attached hydrogens (tertiary/aromatic N) is 2. The average Bonchev–Trinajstić information content (AvgIpc) is 2.54. The molecule has 0 unspecified atom stereocenters. The highest BCUT2D eigenvalue weighted by Gasteiger charge is 2.49. The summed E-state index contributed by atoms with van der Waals surface area (Å²) >= 11 is 5.55. The monoisotopic (exact) mass is 404 g/mol. The summed E-state index contributed by atoms with van der Waals surface area (Å²) in [6, 6.07) is 3.46. The molecule has 3 rings (SSSR count). The molecule has 0 radical (unpaired) electrons. The van der Waals surface area contributed by atoms with Crippen LogP contribution < -0.4 is 0 Å². The number of aromatic nitrogens is 2. The highest BCUT2D eigenvalue weighted by Crippen LogP contribution is 2.49. The Kier molecular flexibility index (Phi) is 4.08. The molecule has 1 aliphatic rings. The highest BCUT2D eigenvalue weighted by molar-refractivity contribution is 8.01. The third-order valence-electron chi connectivity index (χ3n) is 4.26. The Balaban J connectivity index is 2.47. The predicted molar refractivity (Wildman–Crippen MR) is 89.9 cm³/mol. The van der Waals surface area contributed by atoms with E-state index < -0.39 is 47.7 Å². The van der Waals surface area contributed by atoms with E-state index >= 15 is 0 Å². The fourth-order valence-corrected chi connectivity index (χ4v) is 4.76. The molecule has 1 aliphatic heterocycles. The molecular formula is C16H12ClF3N2O3S. The fourth-order valence-electron chi connectivity index (χ4n) is 2.83. The number of hydrogen-bond donors (Lipinski definition) is 1. The number of aliphatic hydroxyl groups excluding tert-OH is 1. The molecule has 0 saturated carbocycles. The molecule has 0 saturated heterocycles. The van der Waals surface area contributed by atoms with E-state index in [1.165, 1.54) is 32.2 Å². The van der Waals surface area contributed by atoms with Gasteiger partial charge < -0.3 is 5.11 Å². The van der Waals surface area contributed by atoms with Crippen LogP contribution in [0.3, 0.4) is 0 Å². The largest absolute Gasteiger partial charge is 0.504 e. The number of rotatable bonds is 1. The normalized spacial score (nSPS) is 18.5. The van der Waals surface area contributed by atoms with Gasteiger partial charge in [0.2, 0.25) is 0 Å². The Labute approximate surface area is 152 Å². The highest BCUT2D eigenvalue weighted by atomic mass is 35.5. The second kappa shape index (κ2) is 5.68. The van der Waals surface area contributed by atoms with Gasteiger partial charge in [-0.05, 0) is 26.0 Å². The van der Waals surface area contributed by atoms with E-state index in [1.807, 2.05) is 0 Å². The summed E-state index contributed by atoms with van der Waals surface area (Å²) in [6.07, 6.45) is -2.90. The van der Waals surface area contributed by atoms with Crippen molar-refractivity contribution in [2.24, 2.45) is 0 Å². The Morgan fingerprint density at radius 1 is 1.23 bits per heavy atom. The van der Waals surface area contributed by atoms with Crippen LogP contribution in [-0.2, 0) is 20.8 Å². The zero-order chi connectivity index (χ0) is 19.5. The van der Waals surface area contributed by atoms with E-state index in [9.17, 15) is 26.7 Å². The molecule has 0 atom stereocenters. The van der Waals surface area contributed by atoms with Crippen LogP contribution in [0.25, 0.3) is 10.7 Å². The summed E-state index contributed by atoms with van der Waals surface area (Å²) in [5, 5.41) is 10.1. The maximum Gasteiger partial charge on any atom is 0.417 e. The summed E-state index contributed by atoms with van der Waals surface area (Å²) in [6.45, 7) is 2.68. The summed E-state index contributed by atoms with van der Waals surface area (Å²) in [7, 11) is -4.41. The summed E-state index contributed by atoms with van der Waals surface area (Å²) in [5.41, 5.74) is -1.98. The first-order valence-corrected chi connectivity index (χ1v) is 9.12. The third-order valence-corrected chi connectivity index (χ3v) is 6.98. The van der Waals surface area contributed by atoms with Crippen LogP contribution >= 0.6 is 11.6 Å². The van der Waals surface area contributed by atoms with Gasteiger partial charge in [-0.3, -0.25) is 4.98 Å². The lowest BCUT2D eigenvalue weighted by atomic mass is 9.97. The number of pyridine rings is 2. The van der Waals surface area contributed by atoms with Crippen molar-refractivity contribution < 1.29 is 26.7 Å². The molecular weight excluding hydrogens is 393 g/mol. The van der Waals surface area contributed by atoms with Crippen molar-refractivity contribution >= 4 is 32.1 Å². The molecule has 2 aromatic heterocycles. The van der Waals surface area contributed by atoms with Crippen LogP contribution in [0.2, 0.25) is 5.15 Å². The van der Waals surface area contributed by atoms with Crippen molar-refractivity contribution in [3.63, 3.8) is 0 Å². The van der Waals surface area contributed by atoms with Crippen molar-refractivity contribution in [3.05, 3.63) is 58.1 Å². The van der Waals surface area contributed by atoms with Gasteiger partial charge in [-0.2, -0.15) is 13.2 Å². The van der Waals surface area contributed by atoms with Gasteiger partial charge in [-0.1, -0.05) is 17.7 Å². The summed E-state index contributed by atoms with van der Waals surface area (Å²) < 4.78 is 64.9.